The lowest BCUT2D eigenvalue weighted by Crippen LogP contribution is -2.42. The largest absolute Gasteiger partial charge is 0.466 e. The van der Waals surface area contributed by atoms with E-state index in [1.54, 1.807) is 13.8 Å². The third-order valence-corrected chi connectivity index (χ3v) is 3.79. The van der Waals surface area contributed by atoms with Crippen molar-refractivity contribution in [2.45, 2.75) is 44.4 Å². The number of carbonyl (C=O) groups excluding carboxylic acids is 2. The highest BCUT2D eigenvalue weighted by atomic mass is 16.8. The summed E-state index contributed by atoms with van der Waals surface area (Å²) in [6, 6.07) is 0. The van der Waals surface area contributed by atoms with Crippen molar-refractivity contribution in [3.05, 3.63) is 11.3 Å². The van der Waals surface area contributed by atoms with Gasteiger partial charge in [0.2, 0.25) is 5.91 Å². The van der Waals surface area contributed by atoms with Crippen molar-refractivity contribution in [1.29, 1.82) is 0 Å². The van der Waals surface area contributed by atoms with Crippen molar-refractivity contribution in [3.63, 3.8) is 0 Å². The summed E-state index contributed by atoms with van der Waals surface area (Å²) in [7, 11) is 1.24. The minimum atomic E-state index is -1.16. The molecule has 0 spiro atoms. The number of esters is 1. The number of nitrogens with zero attached hydrogens (tertiary/aromatic N) is 1. The molecule has 2 saturated heterocycles. The smallest absolute Gasteiger partial charge is 0.338 e. The van der Waals surface area contributed by atoms with E-state index in [9.17, 15) is 14.7 Å². The lowest BCUT2D eigenvalue weighted by molar-refractivity contribution is -0.158. The van der Waals surface area contributed by atoms with Crippen LogP contribution in [0.3, 0.4) is 0 Å². The van der Waals surface area contributed by atoms with Crippen LogP contribution < -0.4 is 0 Å². The van der Waals surface area contributed by atoms with Gasteiger partial charge in [0.05, 0.1) is 37.4 Å². The van der Waals surface area contributed by atoms with Crippen molar-refractivity contribution in [1.82, 2.24) is 4.90 Å². The van der Waals surface area contributed by atoms with Crippen molar-refractivity contribution in [2.24, 2.45) is 0 Å². The maximum atomic E-state index is 12.0. The molecule has 1 N–H and O–H groups in total. The number of carbonyl (C=O) groups is 2. The summed E-state index contributed by atoms with van der Waals surface area (Å²) in [5, 5.41) is 10.0. The number of ether oxygens (including phenoxy) is 3. The molecule has 0 aromatic carbocycles. The lowest BCUT2D eigenvalue weighted by Gasteiger charge is -2.31. The zero-order valence-electron chi connectivity index (χ0n) is 11.6. The number of rotatable bonds is 1. The molecule has 0 aromatic heterocycles. The molecule has 0 aliphatic carbocycles. The van der Waals surface area contributed by atoms with Crippen molar-refractivity contribution in [2.75, 3.05) is 13.7 Å². The molecule has 1 amide bonds. The van der Waals surface area contributed by atoms with Gasteiger partial charge in [-0.15, -0.1) is 0 Å². The normalized spacial score (nSPS) is 35.1. The Morgan fingerprint density at radius 2 is 2.15 bits per heavy atom. The molecule has 7 heteroatoms. The maximum Gasteiger partial charge on any atom is 0.338 e. The average molecular weight is 283 g/mol. The van der Waals surface area contributed by atoms with Crippen LogP contribution in [0.25, 0.3) is 0 Å². The Balaban J connectivity index is 2.07. The molecule has 0 bridgehead atoms. The third kappa shape index (κ3) is 1.85. The molecule has 0 radical (unpaired) electrons. The Morgan fingerprint density at radius 3 is 2.80 bits per heavy atom. The predicted octanol–water partition coefficient (Wildman–Crippen LogP) is -0.460. The molecule has 7 nitrogen and oxygen atoms in total. The second-order valence-corrected chi connectivity index (χ2v) is 5.61. The fourth-order valence-electron chi connectivity index (χ4n) is 3.07. The summed E-state index contributed by atoms with van der Waals surface area (Å²) < 4.78 is 16.2. The Hall–Kier alpha value is -1.44. The summed E-state index contributed by atoms with van der Waals surface area (Å²) in [4.78, 5) is 25.4. The van der Waals surface area contributed by atoms with E-state index in [-0.39, 0.29) is 24.0 Å². The molecule has 3 rings (SSSR count). The van der Waals surface area contributed by atoms with Gasteiger partial charge in [-0.3, -0.25) is 4.79 Å². The van der Waals surface area contributed by atoms with Crippen LogP contribution in [0.1, 0.15) is 20.3 Å². The van der Waals surface area contributed by atoms with E-state index in [2.05, 4.69) is 0 Å². The average Bonchev–Trinajstić information content (AvgIpc) is 2.82. The molecule has 3 aliphatic rings. The molecule has 3 aliphatic heterocycles. The van der Waals surface area contributed by atoms with Crippen LogP contribution in [0.5, 0.6) is 0 Å². The summed E-state index contributed by atoms with van der Waals surface area (Å²) >= 11 is 0. The standard InChI is InChI=1S/C13H17NO6/c1-13(2)19-7-5-14-8(16)4-6(15)9(12(17)18-3)10(14)11(7)20-13/h6-7,11,15H,4-5H2,1-3H3/t6-,7+,11+/m0/s1. The first-order valence-corrected chi connectivity index (χ1v) is 6.50. The van der Waals surface area contributed by atoms with Crippen LogP contribution in [0.15, 0.2) is 11.3 Å². The maximum absolute atomic E-state index is 12.0. The van der Waals surface area contributed by atoms with Gasteiger partial charge in [-0.2, -0.15) is 0 Å². The van der Waals surface area contributed by atoms with E-state index in [1.807, 2.05) is 0 Å². The highest BCUT2D eigenvalue weighted by Crippen LogP contribution is 2.42. The topological polar surface area (TPSA) is 85.3 Å². The molecular formula is C13H17NO6. The van der Waals surface area contributed by atoms with Crippen LogP contribution >= 0.6 is 0 Å². The Labute approximate surface area is 116 Å². The molecule has 20 heavy (non-hydrogen) atoms. The molecule has 0 saturated carbocycles. The SMILES string of the molecule is COC(=O)C1=C2[C@@H]3OC(C)(C)O[C@@H]3CN2C(=O)C[C@@H]1O. The zero-order chi connectivity index (χ0) is 14.7. The van der Waals surface area contributed by atoms with E-state index in [0.717, 1.165) is 0 Å². The summed E-state index contributed by atoms with van der Waals surface area (Å²) in [6.07, 6.45) is -2.14. The van der Waals surface area contributed by atoms with Crippen LogP contribution in [0, 0.1) is 0 Å². The third-order valence-electron chi connectivity index (χ3n) is 3.79. The molecule has 110 valence electrons. The first kappa shape index (κ1) is 13.5. The van der Waals surface area contributed by atoms with Gasteiger partial charge in [-0.1, -0.05) is 0 Å². The van der Waals surface area contributed by atoms with E-state index in [0.29, 0.717) is 12.2 Å². The van der Waals surface area contributed by atoms with Gasteiger partial charge in [-0.05, 0) is 13.8 Å². The number of fused-ring (bicyclic) bond motifs is 3. The van der Waals surface area contributed by atoms with Crippen LogP contribution in [-0.4, -0.2) is 59.6 Å². The summed E-state index contributed by atoms with van der Waals surface area (Å²) in [5.74, 6) is -1.65. The number of amides is 1. The van der Waals surface area contributed by atoms with Gasteiger partial charge in [0.15, 0.2) is 5.79 Å². The molecular weight excluding hydrogens is 266 g/mol. The van der Waals surface area contributed by atoms with Crippen molar-refractivity contribution in [3.8, 4) is 0 Å². The number of methoxy groups -OCH3 is 1. The minimum absolute atomic E-state index is 0.0981. The van der Waals surface area contributed by atoms with Crippen LogP contribution in [-0.2, 0) is 23.8 Å². The molecule has 2 fully saturated rings. The second kappa shape index (κ2) is 4.28. The van der Waals surface area contributed by atoms with E-state index < -0.39 is 24.0 Å². The van der Waals surface area contributed by atoms with Gasteiger partial charge >= 0.3 is 5.97 Å². The number of hydrogen-bond acceptors (Lipinski definition) is 6. The van der Waals surface area contributed by atoms with Crippen LogP contribution in [0.4, 0.5) is 0 Å². The van der Waals surface area contributed by atoms with Gasteiger partial charge in [0.25, 0.3) is 0 Å². The van der Waals surface area contributed by atoms with E-state index >= 15 is 0 Å². The molecule has 3 atom stereocenters. The quantitative estimate of drug-likeness (QED) is 0.655. The van der Waals surface area contributed by atoms with Crippen molar-refractivity contribution < 1.29 is 28.9 Å². The highest BCUT2D eigenvalue weighted by Gasteiger charge is 2.55. The van der Waals surface area contributed by atoms with Crippen molar-refractivity contribution >= 4 is 11.9 Å². The predicted molar refractivity (Wildman–Crippen MR) is 65.2 cm³/mol. The van der Waals surface area contributed by atoms with Gasteiger partial charge in [0, 0.05) is 0 Å². The molecule has 0 unspecified atom stereocenters. The van der Waals surface area contributed by atoms with Gasteiger partial charge in [0.1, 0.15) is 12.2 Å². The van der Waals surface area contributed by atoms with E-state index in [1.165, 1.54) is 12.0 Å². The minimum Gasteiger partial charge on any atom is -0.466 e. The summed E-state index contributed by atoms with van der Waals surface area (Å²) in [5.41, 5.74) is 0.483. The highest BCUT2D eigenvalue weighted by molar-refractivity contribution is 5.95. The Bertz CT molecular complexity index is 511. The molecule has 3 heterocycles. The van der Waals surface area contributed by atoms with Gasteiger partial charge < -0.3 is 24.2 Å². The fraction of sp³-hybridized carbons (Fsp3) is 0.692. The summed E-state index contributed by atoms with van der Waals surface area (Å²) in [6.45, 7) is 3.87. The first-order valence-electron chi connectivity index (χ1n) is 6.50. The fourth-order valence-corrected chi connectivity index (χ4v) is 3.07. The monoisotopic (exact) mass is 283 g/mol. The number of aliphatic hydroxyl groups excluding tert-OH is 1. The first-order chi connectivity index (χ1) is 9.34. The second-order valence-electron chi connectivity index (χ2n) is 5.61. The Kier molecular flexibility index (Phi) is 2.89. The number of aliphatic hydroxyl groups is 1. The van der Waals surface area contributed by atoms with E-state index in [4.69, 9.17) is 14.2 Å². The Morgan fingerprint density at radius 1 is 1.45 bits per heavy atom. The lowest BCUT2D eigenvalue weighted by atomic mass is 9.97. The van der Waals surface area contributed by atoms with Crippen LogP contribution in [0.2, 0.25) is 0 Å². The number of hydrogen-bond donors (Lipinski definition) is 1. The zero-order valence-corrected chi connectivity index (χ0v) is 11.6. The molecule has 0 aromatic rings. The van der Waals surface area contributed by atoms with Gasteiger partial charge in [-0.25, -0.2) is 4.79 Å².